The first-order chi connectivity index (χ1) is 15.1. The minimum atomic E-state index is -0.103. The third-order valence-corrected chi connectivity index (χ3v) is 5.49. The number of ether oxygens (including phenoxy) is 1. The molecule has 160 valence electrons. The van der Waals surface area contributed by atoms with Crippen LogP contribution in [0.15, 0.2) is 48.7 Å². The number of rotatable bonds is 6. The Morgan fingerprint density at radius 1 is 1.13 bits per heavy atom. The van der Waals surface area contributed by atoms with Crippen LogP contribution >= 0.6 is 0 Å². The predicted octanol–water partition coefficient (Wildman–Crippen LogP) is 1.99. The van der Waals surface area contributed by atoms with Gasteiger partial charge in [-0.15, -0.1) is 0 Å². The SMILES string of the molecule is COc1ccc(C(=O)N2CCc3c(c(CCNC(=O)c4ccccc4)nn3C)C2)cn1. The van der Waals surface area contributed by atoms with Gasteiger partial charge in [-0.1, -0.05) is 18.2 Å². The normalized spacial score (nSPS) is 12.9. The summed E-state index contributed by atoms with van der Waals surface area (Å²) in [6, 6.07) is 12.6. The van der Waals surface area contributed by atoms with E-state index in [0.29, 0.717) is 43.1 Å². The molecule has 31 heavy (non-hydrogen) atoms. The van der Waals surface area contributed by atoms with Gasteiger partial charge in [-0.2, -0.15) is 5.10 Å². The maximum Gasteiger partial charge on any atom is 0.255 e. The van der Waals surface area contributed by atoms with Crippen molar-refractivity contribution in [2.75, 3.05) is 20.2 Å². The number of aryl methyl sites for hydroxylation is 1. The van der Waals surface area contributed by atoms with Crippen molar-refractivity contribution in [3.05, 3.63) is 76.7 Å². The second-order valence-electron chi connectivity index (χ2n) is 7.43. The number of pyridine rings is 1. The van der Waals surface area contributed by atoms with Crippen molar-refractivity contribution in [2.24, 2.45) is 7.05 Å². The molecule has 3 aromatic rings. The summed E-state index contributed by atoms with van der Waals surface area (Å²) in [4.78, 5) is 31.2. The van der Waals surface area contributed by atoms with E-state index in [4.69, 9.17) is 4.74 Å². The van der Waals surface area contributed by atoms with Gasteiger partial charge in [0, 0.05) is 68.6 Å². The Balaban J connectivity index is 1.42. The van der Waals surface area contributed by atoms with Gasteiger partial charge in [0.05, 0.1) is 18.4 Å². The van der Waals surface area contributed by atoms with Crippen molar-refractivity contribution < 1.29 is 14.3 Å². The fraction of sp³-hybridized carbons (Fsp3) is 0.304. The Morgan fingerprint density at radius 3 is 2.65 bits per heavy atom. The number of carbonyl (C=O) groups is 2. The van der Waals surface area contributed by atoms with E-state index >= 15 is 0 Å². The minimum absolute atomic E-state index is 0.0620. The summed E-state index contributed by atoms with van der Waals surface area (Å²) in [6.07, 6.45) is 2.89. The quantitative estimate of drug-likeness (QED) is 0.660. The lowest BCUT2D eigenvalue weighted by atomic mass is 10.0. The van der Waals surface area contributed by atoms with Crippen LogP contribution in [0.3, 0.4) is 0 Å². The van der Waals surface area contributed by atoms with Crippen LogP contribution in [0.5, 0.6) is 5.88 Å². The van der Waals surface area contributed by atoms with Gasteiger partial charge in [0.2, 0.25) is 5.88 Å². The minimum Gasteiger partial charge on any atom is -0.481 e. The Hall–Kier alpha value is -3.68. The monoisotopic (exact) mass is 419 g/mol. The number of nitrogens with zero attached hydrogens (tertiary/aromatic N) is 4. The molecular formula is C23H25N5O3. The Morgan fingerprint density at radius 2 is 1.94 bits per heavy atom. The van der Waals surface area contributed by atoms with Crippen molar-refractivity contribution >= 4 is 11.8 Å². The van der Waals surface area contributed by atoms with Gasteiger partial charge in [0.25, 0.3) is 11.8 Å². The molecule has 1 N–H and O–H groups in total. The van der Waals surface area contributed by atoms with Crippen molar-refractivity contribution in [2.45, 2.75) is 19.4 Å². The number of nitrogens with one attached hydrogen (secondary N) is 1. The van der Waals surface area contributed by atoms with E-state index in [9.17, 15) is 9.59 Å². The zero-order chi connectivity index (χ0) is 21.8. The Labute approximate surface area is 180 Å². The van der Waals surface area contributed by atoms with Gasteiger partial charge in [0.1, 0.15) is 0 Å². The first-order valence-corrected chi connectivity index (χ1v) is 10.2. The lowest BCUT2D eigenvalue weighted by Crippen LogP contribution is -2.36. The van der Waals surface area contributed by atoms with Gasteiger partial charge >= 0.3 is 0 Å². The molecule has 0 radical (unpaired) electrons. The summed E-state index contributed by atoms with van der Waals surface area (Å²) in [5, 5.41) is 7.59. The van der Waals surface area contributed by atoms with E-state index < -0.39 is 0 Å². The number of benzene rings is 1. The zero-order valence-electron chi connectivity index (χ0n) is 17.7. The smallest absolute Gasteiger partial charge is 0.255 e. The maximum atomic E-state index is 12.9. The third-order valence-electron chi connectivity index (χ3n) is 5.49. The van der Waals surface area contributed by atoms with Crippen LogP contribution in [-0.4, -0.2) is 51.7 Å². The van der Waals surface area contributed by atoms with Gasteiger partial charge in [-0.25, -0.2) is 4.98 Å². The fourth-order valence-electron chi connectivity index (χ4n) is 3.84. The van der Waals surface area contributed by atoms with E-state index in [2.05, 4.69) is 15.4 Å². The van der Waals surface area contributed by atoms with Crippen molar-refractivity contribution in [3.8, 4) is 5.88 Å². The topological polar surface area (TPSA) is 89.4 Å². The standard InChI is InChI=1S/C23H25N5O3/c1-27-20-11-13-28(23(30)17-8-9-21(31-2)25-14-17)15-18(20)19(26-27)10-12-24-22(29)16-6-4-3-5-7-16/h3-9,14H,10-13,15H2,1-2H3,(H,24,29). The molecule has 0 aliphatic carbocycles. The molecule has 2 amide bonds. The molecule has 4 rings (SSSR count). The fourth-order valence-corrected chi connectivity index (χ4v) is 3.84. The number of fused-ring (bicyclic) bond motifs is 1. The summed E-state index contributed by atoms with van der Waals surface area (Å²) >= 11 is 0. The average molecular weight is 419 g/mol. The number of hydrogen-bond donors (Lipinski definition) is 1. The first-order valence-electron chi connectivity index (χ1n) is 10.2. The molecule has 1 aliphatic heterocycles. The molecule has 0 unspecified atom stereocenters. The zero-order valence-corrected chi connectivity index (χ0v) is 17.7. The molecule has 0 saturated heterocycles. The largest absolute Gasteiger partial charge is 0.481 e. The van der Waals surface area contributed by atoms with E-state index in [1.165, 1.54) is 0 Å². The molecule has 0 saturated carbocycles. The summed E-state index contributed by atoms with van der Waals surface area (Å²) in [7, 11) is 3.47. The summed E-state index contributed by atoms with van der Waals surface area (Å²) in [5.41, 5.74) is 4.29. The summed E-state index contributed by atoms with van der Waals surface area (Å²) in [6.45, 7) is 1.60. The highest BCUT2D eigenvalue weighted by Gasteiger charge is 2.27. The van der Waals surface area contributed by atoms with Gasteiger partial charge in [-0.05, 0) is 18.2 Å². The third kappa shape index (κ3) is 4.42. The summed E-state index contributed by atoms with van der Waals surface area (Å²) < 4.78 is 6.95. The van der Waals surface area contributed by atoms with Crippen molar-refractivity contribution in [1.29, 1.82) is 0 Å². The molecule has 0 atom stereocenters. The molecular weight excluding hydrogens is 394 g/mol. The molecule has 8 nitrogen and oxygen atoms in total. The first kappa shape index (κ1) is 20.6. The van der Waals surface area contributed by atoms with Crippen LogP contribution in [0.4, 0.5) is 0 Å². The lowest BCUT2D eigenvalue weighted by Gasteiger charge is -2.27. The molecule has 0 fully saturated rings. The highest BCUT2D eigenvalue weighted by atomic mass is 16.5. The highest BCUT2D eigenvalue weighted by Crippen LogP contribution is 2.24. The average Bonchev–Trinajstić information content (AvgIpc) is 3.14. The highest BCUT2D eigenvalue weighted by molar-refractivity contribution is 5.94. The van der Waals surface area contributed by atoms with Crippen LogP contribution in [0.1, 0.15) is 37.7 Å². The van der Waals surface area contributed by atoms with Gasteiger partial charge in [-0.3, -0.25) is 14.3 Å². The number of hydrogen-bond acceptors (Lipinski definition) is 5. The van der Waals surface area contributed by atoms with Crippen molar-refractivity contribution in [1.82, 2.24) is 25.0 Å². The molecule has 1 aliphatic rings. The second-order valence-corrected chi connectivity index (χ2v) is 7.43. The van der Waals surface area contributed by atoms with Gasteiger partial charge < -0.3 is 15.0 Å². The van der Waals surface area contributed by atoms with Crippen LogP contribution in [0.25, 0.3) is 0 Å². The number of carbonyl (C=O) groups excluding carboxylic acids is 2. The number of aromatic nitrogens is 3. The summed E-state index contributed by atoms with van der Waals surface area (Å²) in [5.74, 6) is 0.312. The maximum absolute atomic E-state index is 12.9. The molecule has 3 heterocycles. The number of methoxy groups -OCH3 is 1. The number of amides is 2. The van der Waals surface area contributed by atoms with Crippen LogP contribution in [-0.2, 0) is 26.4 Å². The van der Waals surface area contributed by atoms with Crippen LogP contribution in [0, 0.1) is 0 Å². The van der Waals surface area contributed by atoms with Crippen LogP contribution in [0.2, 0.25) is 0 Å². The van der Waals surface area contributed by atoms with E-state index in [0.717, 1.165) is 23.4 Å². The Bertz CT molecular complexity index is 1080. The van der Waals surface area contributed by atoms with Crippen molar-refractivity contribution in [3.63, 3.8) is 0 Å². The molecule has 1 aromatic carbocycles. The molecule has 2 aromatic heterocycles. The Kier molecular flexibility index (Phi) is 5.97. The van der Waals surface area contributed by atoms with E-state index in [1.807, 2.05) is 34.8 Å². The molecule has 0 bridgehead atoms. The second kappa shape index (κ2) is 8.99. The predicted molar refractivity (Wildman–Crippen MR) is 115 cm³/mol. The van der Waals surface area contributed by atoms with E-state index in [1.54, 1.807) is 37.6 Å². The van der Waals surface area contributed by atoms with E-state index in [-0.39, 0.29) is 11.8 Å². The van der Waals surface area contributed by atoms with Crippen LogP contribution < -0.4 is 10.1 Å². The molecule has 8 heteroatoms. The lowest BCUT2D eigenvalue weighted by molar-refractivity contribution is 0.0732. The molecule has 0 spiro atoms. The van der Waals surface area contributed by atoms with Gasteiger partial charge in [0.15, 0.2) is 0 Å².